The minimum Gasteiger partial charge on any atom is -0.335 e. The quantitative estimate of drug-likeness (QED) is 0.866. The molecule has 110 valence electrons. The summed E-state index contributed by atoms with van der Waals surface area (Å²) in [6, 6.07) is 3.95. The van der Waals surface area contributed by atoms with Crippen molar-refractivity contribution >= 4 is 22.6 Å². The molecule has 20 heavy (non-hydrogen) atoms. The normalized spacial score (nSPS) is 19.4. The van der Waals surface area contributed by atoms with Crippen molar-refractivity contribution in [2.45, 2.75) is 33.0 Å². The lowest BCUT2D eigenvalue weighted by atomic mass is 10.1. The van der Waals surface area contributed by atoms with Gasteiger partial charge in [0.1, 0.15) is 0 Å². The molecule has 1 N–H and O–H groups in total. The maximum absolute atomic E-state index is 12.7. The average Bonchev–Trinajstić information content (AvgIpc) is 2.79. The molecule has 0 spiro atoms. The molecular weight excluding hydrogens is 285 g/mol. The summed E-state index contributed by atoms with van der Waals surface area (Å²) in [5, 5.41) is 3.72. The monoisotopic (exact) mass is 302 g/mol. The second kappa shape index (κ2) is 5.68. The van der Waals surface area contributed by atoms with E-state index in [2.05, 4.69) is 24.2 Å². The molecule has 0 saturated carbocycles. The minimum atomic E-state index is -4.32. The first kappa shape index (κ1) is 15.2. The van der Waals surface area contributed by atoms with Gasteiger partial charge in [0, 0.05) is 11.4 Å². The minimum absolute atomic E-state index is 0.230. The number of aliphatic imine (C=N–C) groups is 1. The van der Waals surface area contributed by atoms with E-state index < -0.39 is 11.7 Å². The highest BCUT2D eigenvalue weighted by Gasteiger charge is 2.31. The first-order valence-electron chi connectivity index (χ1n) is 6.43. The fraction of sp³-hybridized carbons (Fsp3) is 0.500. The van der Waals surface area contributed by atoms with E-state index in [1.54, 1.807) is 18.7 Å². The van der Waals surface area contributed by atoms with Crippen molar-refractivity contribution in [1.82, 2.24) is 0 Å². The van der Waals surface area contributed by atoms with Gasteiger partial charge in [-0.05, 0) is 30.5 Å². The van der Waals surface area contributed by atoms with Gasteiger partial charge in [-0.1, -0.05) is 31.7 Å². The van der Waals surface area contributed by atoms with Gasteiger partial charge in [-0.15, -0.1) is 0 Å². The number of thioether (sulfide) groups is 1. The van der Waals surface area contributed by atoms with Crippen molar-refractivity contribution in [3.8, 4) is 0 Å². The van der Waals surface area contributed by atoms with Crippen LogP contribution in [0.1, 0.15) is 25.0 Å². The molecule has 1 heterocycles. The number of halogens is 3. The second-order valence-electron chi connectivity index (χ2n) is 5.21. The molecule has 0 radical (unpaired) electrons. The second-order valence-corrected chi connectivity index (χ2v) is 6.22. The number of amidine groups is 1. The van der Waals surface area contributed by atoms with Crippen LogP contribution in [0.15, 0.2) is 23.2 Å². The third-order valence-corrected chi connectivity index (χ3v) is 4.24. The summed E-state index contributed by atoms with van der Waals surface area (Å²) in [6.45, 7) is 5.96. The number of anilines is 1. The van der Waals surface area contributed by atoms with E-state index in [1.807, 2.05) is 0 Å². The van der Waals surface area contributed by atoms with E-state index in [4.69, 9.17) is 0 Å². The number of rotatable bonds is 2. The molecule has 0 aliphatic carbocycles. The lowest BCUT2D eigenvalue weighted by Crippen LogP contribution is -2.12. The van der Waals surface area contributed by atoms with Gasteiger partial charge in [0.05, 0.1) is 11.6 Å². The van der Waals surface area contributed by atoms with Gasteiger partial charge in [0.15, 0.2) is 5.17 Å². The van der Waals surface area contributed by atoms with Crippen LogP contribution in [0.5, 0.6) is 0 Å². The molecule has 1 aromatic carbocycles. The zero-order chi connectivity index (χ0) is 14.9. The van der Waals surface area contributed by atoms with Crippen molar-refractivity contribution in [3.63, 3.8) is 0 Å². The van der Waals surface area contributed by atoms with Crippen LogP contribution in [0.4, 0.5) is 18.9 Å². The Labute approximate surface area is 120 Å². The number of nitrogens with zero attached hydrogens (tertiary/aromatic N) is 1. The highest BCUT2D eigenvalue weighted by molar-refractivity contribution is 8.14. The van der Waals surface area contributed by atoms with Crippen LogP contribution >= 0.6 is 11.8 Å². The first-order valence-corrected chi connectivity index (χ1v) is 7.41. The molecule has 0 saturated heterocycles. The topological polar surface area (TPSA) is 24.4 Å². The van der Waals surface area contributed by atoms with Crippen LogP contribution in [0, 0.1) is 12.8 Å². The van der Waals surface area contributed by atoms with Gasteiger partial charge >= 0.3 is 6.18 Å². The molecule has 1 unspecified atom stereocenters. The van der Waals surface area contributed by atoms with Crippen molar-refractivity contribution in [2.24, 2.45) is 10.9 Å². The van der Waals surface area contributed by atoms with Crippen molar-refractivity contribution in [1.29, 1.82) is 0 Å². The zero-order valence-corrected chi connectivity index (χ0v) is 12.4. The Kier molecular flexibility index (Phi) is 4.32. The Balaban J connectivity index is 2.20. The Morgan fingerprint density at radius 2 is 2.05 bits per heavy atom. The maximum atomic E-state index is 12.7. The number of nitrogens with one attached hydrogen (secondary N) is 1. The molecule has 1 aromatic rings. The third-order valence-electron chi connectivity index (χ3n) is 3.25. The highest BCUT2D eigenvalue weighted by Crippen LogP contribution is 2.33. The summed E-state index contributed by atoms with van der Waals surface area (Å²) in [5.74, 6) is 1.31. The van der Waals surface area contributed by atoms with E-state index in [0.717, 1.165) is 23.4 Å². The van der Waals surface area contributed by atoms with Crippen LogP contribution in [0.3, 0.4) is 0 Å². The van der Waals surface area contributed by atoms with Gasteiger partial charge in [-0.25, -0.2) is 0 Å². The molecule has 0 fully saturated rings. The van der Waals surface area contributed by atoms with Gasteiger partial charge in [-0.2, -0.15) is 13.2 Å². The molecule has 0 amide bonds. The largest absolute Gasteiger partial charge is 0.416 e. The fourth-order valence-corrected chi connectivity index (χ4v) is 3.03. The molecule has 1 aliphatic rings. The molecule has 0 aromatic heterocycles. The molecule has 1 aliphatic heterocycles. The first-order chi connectivity index (χ1) is 9.27. The maximum Gasteiger partial charge on any atom is 0.416 e. The van der Waals surface area contributed by atoms with Crippen LogP contribution in [0.2, 0.25) is 0 Å². The van der Waals surface area contributed by atoms with Crippen molar-refractivity contribution in [3.05, 3.63) is 29.3 Å². The Hall–Kier alpha value is -1.17. The standard InChI is InChI=1S/C14H17F3N2S/c1-8(2)12-7-20-13(19-12)18-11-6-10(14(15,16)17)5-4-9(11)3/h4-6,8,12H,7H2,1-3H3,(H,18,19). The van der Waals surface area contributed by atoms with Gasteiger partial charge < -0.3 is 5.32 Å². The van der Waals surface area contributed by atoms with Gasteiger partial charge in [0.25, 0.3) is 0 Å². The number of aryl methyl sites for hydroxylation is 1. The van der Waals surface area contributed by atoms with Crippen LogP contribution < -0.4 is 5.32 Å². The van der Waals surface area contributed by atoms with Crippen LogP contribution in [0.25, 0.3) is 0 Å². The molecular formula is C14H17F3N2S. The third kappa shape index (κ3) is 3.48. The summed E-state index contributed by atoms with van der Waals surface area (Å²) >= 11 is 1.55. The summed E-state index contributed by atoms with van der Waals surface area (Å²) in [5.41, 5.74) is 0.597. The Morgan fingerprint density at radius 3 is 2.60 bits per heavy atom. The number of hydrogen-bond donors (Lipinski definition) is 1. The van der Waals surface area contributed by atoms with E-state index >= 15 is 0 Å². The fourth-order valence-electron chi connectivity index (χ4n) is 1.85. The summed E-state index contributed by atoms with van der Waals surface area (Å²) < 4.78 is 38.2. The van der Waals surface area contributed by atoms with Crippen molar-refractivity contribution in [2.75, 3.05) is 11.1 Å². The Morgan fingerprint density at radius 1 is 1.35 bits per heavy atom. The lowest BCUT2D eigenvalue weighted by molar-refractivity contribution is -0.137. The number of alkyl halides is 3. The van der Waals surface area contributed by atoms with E-state index in [0.29, 0.717) is 16.8 Å². The lowest BCUT2D eigenvalue weighted by Gasteiger charge is -2.13. The SMILES string of the molecule is Cc1ccc(C(F)(F)F)cc1NC1=NC(C(C)C)CS1. The molecule has 0 bridgehead atoms. The molecule has 2 nitrogen and oxygen atoms in total. The van der Waals surface area contributed by atoms with Crippen molar-refractivity contribution < 1.29 is 13.2 Å². The van der Waals surface area contributed by atoms with Gasteiger partial charge in [-0.3, -0.25) is 4.99 Å². The molecule has 2 rings (SSSR count). The predicted octanol–water partition coefficient (Wildman–Crippen LogP) is 4.55. The average molecular weight is 302 g/mol. The number of benzene rings is 1. The summed E-state index contributed by atoms with van der Waals surface area (Å²) in [7, 11) is 0. The highest BCUT2D eigenvalue weighted by atomic mass is 32.2. The summed E-state index contributed by atoms with van der Waals surface area (Å²) in [4.78, 5) is 4.50. The van der Waals surface area contributed by atoms with E-state index in [-0.39, 0.29) is 6.04 Å². The predicted molar refractivity (Wildman–Crippen MR) is 78.3 cm³/mol. The smallest absolute Gasteiger partial charge is 0.335 e. The van der Waals surface area contributed by atoms with Crippen LogP contribution in [-0.4, -0.2) is 17.0 Å². The summed E-state index contributed by atoms with van der Waals surface area (Å²) in [6.07, 6.45) is -4.32. The Bertz CT molecular complexity index is 524. The molecule has 1 atom stereocenters. The van der Waals surface area contributed by atoms with Gasteiger partial charge in [0.2, 0.25) is 0 Å². The van der Waals surface area contributed by atoms with Crippen LogP contribution in [-0.2, 0) is 6.18 Å². The van der Waals surface area contributed by atoms with E-state index in [9.17, 15) is 13.2 Å². The molecule has 6 heteroatoms. The van der Waals surface area contributed by atoms with E-state index in [1.165, 1.54) is 6.07 Å². The zero-order valence-electron chi connectivity index (χ0n) is 11.6. The number of hydrogen-bond acceptors (Lipinski definition) is 3.